The number of anilines is 1. The van der Waals surface area contributed by atoms with Gasteiger partial charge in [-0.25, -0.2) is 0 Å². The first kappa shape index (κ1) is 17.5. The summed E-state index contributed by atoms with van der Waals surface area (Å²) >= 11 is 0. The van der Waals surface area contributed by atoms with Gasteiger partial charge in [-0.05, 0) is 23.6 Å². The molecule has 0 spiro atoms. The Morgan fingerprint density at radius 1 is 1.04 bits per heavy atom. The molecule has 1 aliphatic heterocycles. The molecule has 5 heteroatoms. The van der Waals surface area contributed by atoms with Crippen LogP contribution in [0.5, 0.6) is 0 Å². The lowest BCUT2D eigenvalue weighted by Crippen LogP contribution is -2.29. The zero-order chi connectivity index (χ0) is 18.9. The lowest BCUT2D eigenvalue weighted by atomic mass is 9.86. The number of nitrogens with zero attached hydrogens (tertiary/aromatic N) is 3. The lowest BCUT2D eigenvalue weighted by Gasteiger charge is -2.20. The summed E-state index contributed by atoms with van der Waals surface area (Å²) in [5.41, 5.74) is 3.06. The second kappa shape index (κ2) is 6.99. The van der Waals surface area contributed by atoms with Gasteiger partial charge >= 0.3 is 0 Å². The Bertz CT molecular complexity index is 947. The fourth-order valence-electron chi connectivity index (χ4n) is 3.58. The number of fused-ring (bicyclic) bond motifs is 1. The predicted octanol–water partition coefficient (Wildman–Crippen LogP) is 3.72. The third kappa shape index (κ3) is 3.63. The maximum absolute atomic E-state index is 12.3. The van der Waals surface area contributed by atoms with Crippen LogP contribution in [0.15, 0.2) is 59.0 Å². The maximum Gasteiger partial charge on any atom is 0.231 e. The van der Waals surface area contributed by atoms with Crippen molar-refractivity contribution < 1.29 is 9.21 Å². The number of amides is 1. The predicted molar refractivity (Wildman–Crippen MR) is 104 cm³/mol. The van der Waals surface area contributed by atoms with Crippen molar-refractivity contribution in [1.29, 1.82) is 0 Å². The van der Waals surface area contributed by atoms with Gasteiger partial charge in [-0.1, -0.05) is 62.4 Å². The minimum Gasteiger partial charge on any atom is -0.425 e. The quantitative estimate of drug-likeness (QED) is 0.671. The van der Waals surface area contributed by atoms with Crippen LogP contribution in [0.4, 0.5) is 5.69 Å². The van der Waals surface area contributed by atoms with Crippen molar-refractivity contribution in [3.05, 3.63) is 77.5 Å². The molecule has 4 rings (SSSR count). The highest BCUT2D eigenvalue weighted by Crippen LogP contribution is 2.29. The van der Waals surface area contributed by atoms with Crippen LogP contribution in [0.2, 0.25) is 0 Å². The van der Waals surface area contributed by atoms with Gasteiger partial charge < -0.3 is 9.32 Å². The Morgan fingerprint density at radius 3 is 2.59 bits per heavy atom. The van der Waals surface area contributed by atoms with Gasteiger partial charge in [-0.15, -0.1) is 10.2 Å². The Morgan fingerprint density at radius 2 is 1.78 bits per heavy atom. The second-order valence-electron chi connectivity index (χ2n) is 7.65. The zero-order valence-electron chi connectivity index (χ0n) is 15.7. The lowest BCUT2D eigenvalue weighted by molar-refractivity contribution is -0.117. The Labute approximate surface area is 159 Å². The molecule has 0 radical (unpaired) electrons. The molecular formula is C22H23N3O2. The Balaban J connectivity index is 1.43. The van der Waals surface area contributed by atoms with E-state index in [2.05, 4.69) is 36.2 Å². The summed E-state index contributed by atoms with van der Waals surface area (Å²) in [6, 6.07) is 18.2. The number of aromatic nitrogens is 2. The summed E-state index contributed by atoms with van der Waals surface area (Å²) in [5.74, 6) is 1.33. The molecule has 0 saturated heterocycles. The molecule has 0 bridgehead atoms. The molecule has 138 valence electrons. The SMILES string of the molecule is CC(C)(Cc1ccccc1)c1nnc(CCN2C(=O)Cc3ccccc32)o1. The van der Waals surface area contributed by atoms with Crippen molar-refractivity contribution in [3.8, 4) is 0 Å². The van der Waals surface area contributed by atoms with E-state index in [1.165, 1.54) is 5.56 Å². The van der Waals surface area contributed by atoms with E-state index in [1.54, 1.807) is 0 Å². The molecule has 1 aliphatic rings. The first-order valence-electron chi connectivity index (χ1n) is 9.28. The number of hydrogen-bond donors (Lipinski definition) is 0. The maximum atomic E-state index is 12.3. The molecule has 0 saturated carbocycles. The minimum absolute atomic E-state index is 0.125. The molecule has 0 atom stereocenters. The molecule has 0 fully saturated rings. The topological polar surface area (TPSA) is 59.2 Å². The van der Waals surface area contributed by atoms with E-state index in [0.29, 0.717) is 31.2 Å². The van der Waals surface area contributed by atoms with Gasteiger partial charge in [0.15, 0.2) is 0 Å². The molecular weight excluding hydrogens is 338 g/mol. The van der Waals surface area contributed by atoms with E-state index in [-0.39, 0.29) is 11.3 Å². The van der Waals surface area contributed by atoms with Gasteiger partial charge in [0.05, 0.1) is 6.42 Å². The van der Waals surface area contributed by atoms with Crippen LogP contribution in [0.1, 0.15) is 36.8 Å². The molecule has 27 heavy (non-hydrogen) atoms. The van der Waals surface area contributed by atoms with Crippen molar-refractivity contribution >= 4 is 11.6 Å². The summed E-state index contributed by atoms with van der Waals surface area (Å²) < 4.78 is 5.94. The van der Waals surface area contributed by atoms with Crippen LogP contribution in [-0.2, 0) is 29.5 Å². The summed E-state index contributed by atoms with van der Waals surface area (Å²) in [6.45, 7) is 4.77. The van der Waals surface area contributed by atoms with Crippen LogP contribution in [0, 0.1) is 0 Å². The zero-order valence-corrected chi connectivity index (χ0v) is 15.7. The molecule has 2 aromatic carbocycles. The standard InChI is InChI=1S/C22H23N3O2/c1-22(2,15-16-8-4-3-5-9-16)21-24-23-19(27-21)12-13-25-18-11-7-6-10-17(18)14-20(25)26/h3-11H,12-15H2,1-2H3. The third-order valence-electron chi connectivity index (χ3n) is 5.01. The number of rotatable bonds is 6. The summed E-state index contributed by atoms with van der Waals surface area (Å²) in [7, 11) is 0. The molecule has 5 nitrogen and oxygen atoms in total. The smallest absolute Gasteiger partial charge is 0.231 e. The fourth-order valence-corrected chi connectivity index (χ4v) is 3.58. The van der Waals surface area contributed by atoms with Crippen molar-refractivity contribution in [2.75, 3.05) is 11.4 Å². The molecule has 2 heterocycles. The highest BCUT2D eigenvalue weighted by atomic mass is 16.4. The van der Waals surface area contributed by atoms with Gasteiger partial charge in [0.2, 0.25) is 17.7 Å². The Kier molecular flexibility index (Phi) is 4.52. The average Bonchev–Trinajstić information content (AvgIpc) is 3.25. The van der Waals surface area contributed by atoms with Crippen LogP contribution >= 0.6 is 0 Å². The highest BCUT2D eigenvalue weighted by Gasteiger charge is 2.29. The molecule has 3 aromatic rings. The van der Waals surface area contributed by atoms with Crippen LogP contribution in [-0.4, -0.2) is 22.6 Å². The second-order valence-corrected chi connectivity index (χ2v) is 7.65. The highest BCUT2D eigenvalue weighted by molar-refractivity contribution is 6.01. The number of carbonyl (C=O) groups is 1. The third-order valence-corrected chi connectivity index (χ3v) is 5.01. The van der Waals surface area contributed by atoms with Gasteiger partial charge in [-0.3, -0.25) is 4.79 Å². The summed E-state index contributed by atoms with van der Waals surface area (Å²) in [6.07, 6.45) is 1.84. The normalized spacial score (nSPS) is 13.9. The monoisotopic (exact) mass is 361 g/mol. The first-order chi connectivity index (χ1) is 13.0. The van der Waals surface area contributed by atoms with E-state index in [9.17, 15) is 4.79 Å². The van der Waals surface area contributed by atoms with Gasteiger partial charge in [0, 0.05) is 24.1 Å². The van der Waals surface area contributed by atoms with Crippen LogP contribution < -0.4 is 4.90 Å². The van der Waals surface area contributed by atoms with E-state index in [0.717, 1.165) is 17.7 Å². The summed E-state index contributed by atoms with van der Waals surface area (Å²) in [5, 5.41) is 8.48. The fraction of sp³-hybridized carbons (Fsp3) is 0.318. The number of para-hydroxylation sites is 1. The van der Waals surface area contributed by atoms with Gasteiger partial charge in [0.1, 0.15) is 0 Å². The van der Waals surface area contributed by atoms with Crippen molar-refractivity contribution in [1.82, 2.24) is 10.2 Å². The van der Waals surface area contributed by atoms with E-state index in [1.807, 2.05) is 47.4 Å². The number of hydrogen-bond acceptors (Lipinski definition) is 4. The number of carbonyl (C=O) groups excluding carboxylic acids is 1. The van der Waals surface area contributed by atoms with E-state index < -0.39 is 0 Å². The molecule has 1 aromatic heterocycles. The van der Waals surface area contributed by atoms with Crippen molar-refractivity contribution in [2.45, 2.75) is 38.5 Å². The van der Waals surface area contributed by atoms with E-state index in [4.69, 9.17) is 4.42 Å². The Hall–Kier alpha value is -2.95. The van der Waals surface area contributed by atoms with Crippen LogP contribution in [0.25, 0.3) is 0 Å². The van der Waals surface area contributed by atoms with Crippen molar-refractivity contribution in [3.63, 3.8) is 0 Å². The number of benzene rings is 2. The molecule has 0 aliphatic carbocycles. The largest absolute Gasteiger partial charge is 0.425 e. The molecule has 0 N–H and O–H groups in total. The van der Waals surface area contributed by atoms with Gasteiger partial charge in [-0.2, -0.15) is 0 Å². The summed E-state index contributed by atoms with van der Waals surface area (Å²) in [4.78, 5) is 14.1. The molecule has 1 amide bonds. The minimum atomic E-state index is -0.247. The average molecular weight is 361 g/mol. The van der Waals surface area contributed by atoms with Crippen LogP contribution in [0.3, 0.4) is 0 Å². The van der Waals surface area contributed by atoms with Crippen molar-refractivity contribution in [2.24, 2.45) is 0 Å². The van der Waals surface area contributed by atoms with Gasteiger partial charge in [0.25, 0.3) is 0 Å². The molecule has 0 unspecified atom stereocenters. The van der Waals surface area contributed by atoms with E-state index >= 15 is 0 Å². The first-order valence-corrected chi connectivity index (χ1v) is 9.28.